The fraction of sp³-hybridized carbons (Fsp3) is 0.250. The molecule has 0 saturated carbocycles. The van der Waals surface area contributed by atoms with Gasteiger partial charge in [-0.05, 0) is 24.1 Å². The van der Waals surface area contributed by atoms with E-state index in [0.717, 1.165) is 5.56 Å². The molecule has 2 aromatic rings. The van der Waals surface area contributed by atoms with Crippen molar-refractivity contribution in [3.05, 3.63) is 59.7 Å². The van der Waals surface area contributed by atoms with Crippen LogP contribution in [0.2, 0.25) is 0 Å². The van der Waals surface area contributed by atoms with Crippen LogP contribution in [-0.2, 0) is 10.2 Å². The highest BCUT2D eigenvalue weighted by molar-refractivity contribution is 7.89. The highest BCUT2D eigenvalue weighted by Crippen LogP contribution is 2.29. The van der Waals surface area contributed by atoms with Crippen molar-refractivity contribution < 1.29 is 18.3 Å². The molecule has 1 amide bonds. The van der Waals surface area contributed by atoms with Gasteiger partial charge in [-0.3, -0.25) is 4.79 Å². The molecule has 30 heavy (non-hydrogen) atoms. The van der Waals surface area contributed by atoms with E-state index in [1.165, 1.54) is 17.0 Å². The van der Waals surface area contributed by atoms with Gasteiger partial charge >= 0.3 is 10.2 Å². The monoisotopic (exact) mass is 429 g/mol. The molecular formula is C20H23N5O4S. The van der Waals surface area contributed by atoms with Gasteiger partial charge in [0, 0.05) is 14.1 Å². The first kappa shape index (κ1) is 21.3. The second kappa shape index (κ2) is 8.54. The Morgan fingerprint density at radius 3 is 2.37 bits per heavy atom. The number of hydrogen-bond acceptors (Lipinski definition) is 6. The van der Waals surface area contributed by atoms with Gasteiger partial charge in [0.2, 0.25) is 0 Å². The van der Waals surface area contributed by atoms with E-state index in [4.69, 9.17) is 0 Å². The summed E-state index contributed by atoms with van der Waals surface area (Å²) in [6.45, 7) is 1.96. The molecule has 0 bridgehead atoms. The minimum atomic E-state index is -4.06. The second-order valence-corrected chi connectivity index (χ2v) is 8.13. The lowest BCUT2D eigenvalue weighted by atomic mass is 10.0. The number of aromatic hydroxyl groups is 1. The molecule has 0 aromatic heterocycles. The molecule has 0 spiro atoms. The van der Waals surface area contributed by atoms with Gasteiger partial charge in [-0.2, -0.15) is 8.42 Å². The van der Waals surface area contributed by atoms with Gasteiger partial charge in [-0.1, -0.05) is 43.3 Å². The third-order valence-electron chi connectivity index (χ3n) is 4.48. The summed E-state index contributed by atoms with van der Waals surface area (Å²) in [6, 6.07) is 13.9. The SMILES string of the molecule is CC[C@@H](NC1=NS(=O)(=O)N=C1Nc1cccc(C(=O)N(C)C)c1O)c1ccccc1. The normalized spacial score (nSPS) is 15.7. The summed E-state index contributed by atoms with van der Waals surface area (Å²) >= 11 is 0. The van der Waals surface area contributed by atoms with Crippen molar-refractivity contribution in [3.63, 3.8) is 0 Å². The number of amidine groups is 2. The lowest BCUT2D eigenvalue weighted by Crippen LogP contribution is -2.36. The summed E-state index contributed by atoms with van der Waals surface area (Å²) in [5.74, 6) is -0.722. The summed E-state index contributed by atoms with van der Waals surface area (Å²) in [4.78, 5) is 13.6. The van der Waals surface area contributed by atoms with Crippen LogP contribution >= 0.6 is 0 Å². The molecule has 9 nitrogen and oxygen atoms in total. The molecule has 1 heterocycles. The zero-order valence-corrected chi connectivity index (χ0v) is 17.6. The van der Waals surface area contributed by atoms with E-state index in [2.05, 4.69) is 19.4 Å². The molecular weight excluding hydrogens is 406 g/mol. The molecule has 0 fully saturated rings. The van der Waals surface area contributed by atoms with Crippen LogP contribution in [0.3, 0.4) is 0 Å². The molecule has 1 aliphatic rings. The maximum Gasteiger partial charge on any atom is 0.367 e. The summed E-state index contributed by atoms with van der Waals surface area (Å²) < 4.78 is 31.4. The van der Waals surface area contributed by atoms with E-state index >= 15 is 0 Å². The number of para-hydroxylation sites is 1. The van der Waals surface area contributed by atoms with E-state index in [-0.39, 0.29) is 40.6 Å². The predicted molar refractivity (Wildman–Crippen MR) is 116 cm³/mol. The fourth-order valence-corrected chi connectivity index (χ4v) is 3.74. The van der Waals surface area contributed by atoms with Gasteiger partial charge in [-0.15, -0.1) is 8.80 Å². The Balaban J connectivity index is 1.90. The third-order valence-corrected chi connectivity index (χ3v) is 5.31. The van der Waals surface area contributed by atoms with Crippen molar-refractivity contribution in [1.29, 1.82) is 0 Å². The van der Waals surface area contributed by atoms with Crippen LogP contribution in [-0.4, -0.2) is 50.1 Å². The number of nitrogens with one attached hydrogen (secondary N) is 2. The molecule has 0 unspecified atom stereocenters. The van der Waals surface area contributed by atoms with Crippen LogP contribution in [0.4, 0.5) is 5.69 Å². The van der Waals surface area contributed by atoms with Crippen molar-refractivity contribution >= 4 is 33.5 Å². The number of carbonyl (C=O) groups excluding carboxylic acids is 1. The lowest BCUT2D eigenvalue weighted by Gasteiger charge is -2.20. The molecule has 1 aliphatic heterocycles. The topological polar surface area (TPSA) is 123 Å². The smallest absolute Gasteiger partial charge is 0.367 e. The van der Waals surface area contributed by atoms with Crippen LogP contribution < -0.4 is 10.6 Å². The molecule has 0 radical (unpaired) electrons. The Kier molecular flexibility index (Phi) is 6.06. The highest BCUT2D eigenvalue weighted by Gasteiger charge is 2.28. The first-order valence-electron chi connectivity index (χ1n) is 9.29. The van der Waals surface area contributed by atoms with Crippen LogP contribution in [0, 0.1) is 0 Å². The zero-order chi connectivity index (χ0) is 21.9. The van der Waals surface area contributed by atoms with E-state index in [1.54, 1.807) is 20.2 Å². The van der Waals surface area contributed by atoms with Crippen molar-refractivity contribution in [3.8, 4) is 5.75 Å². The summed E-state index contributed by atoms with van der Waals surface area (Å²) in [5, 5.41) is 16.4. The van der Waals surface area contributed by atoms with Gasteiger partial charge in [0.15, 0.2) is 17.4 Å². The summed E-state index contributed by atoms with van der Waals surface area (Å²) in [7, 11) is -0.923. The number of rotatable bonds is 5. The van der Waals surface area contributed by atoms with E-state index in [0.29, 0.717) is 6.42 Å². The number of nitrogens with zero attached hydrogens (tertiary/aromatic N) is 3. The highest BCUT2D eigenvalue weighted by atomic mass is 32.2. The quantitative estimate of drug-likeness (QED) is 0.627. The average Bonchev–Trinajstić information content (AvgIpc) is 3.00. The second-order valence-electron chi connectivity index (χ2n) is 6.87. The molecule has 3 N–H and O–H groups in total. The number of anilines is 1. The van der Waals surface area contributed by atoms with Crippen molar-refractivity contribution in [2.45, 2.75) is 19.4 Å². The zero-order valence-electron chi connectivity index (χ0n) is 16.8. The third kappa shape index (κ3) is 4.60. The minimum Gasteiger partial charge on any atom is -0.505 e. The van der Waals surface area contributed by atoms with Gasteiger partial charge in [0.05, 0.1) is 17.3 Å². The van der Waals surface area contributed by atoms with Gasteiger partial charge in [0.1, 0.15) is 0 Å². The van der Waals surface area contributed by atoms with Crippen LogP contribution in [0.25, 0.3) is 0 Å². The van der Waals surface area contributed by atoms with E-state index < -0.39 is 10.2 Å². The number of carbonyl (C=O) groups is 1. The molecule has 0 aliphatic carbocycles. The molecule has 1 atom stereocenters. The number of benzene rings is 2. The van der Waals surface area contributed by atoms with Crippen molar-refractivity contribution in [2.75, 3.05) is 19.4 Å². The minimum absolute atomic E-state index is 0.0365. The standard InChI is InChI=1S/C20H23N5O4S/c1-4-15(13-9-6-5-7-10-13)21-18-19(24-30(28,29)23-18)22-16-12-8-11-14(17(16)26)20(27)25(2)3/h5-12,15,26H,4H2,1-3H3,(H,21,23)(H,22,24)/t15-/m1/s1. The Morgan fingerprint density at radius 2 is 1.73 bits per heavy atom. The first-order valence-corrected chi connectivity index (χ1v) is 10.7. The van der Waals surface area contributed by atoms with Crippen molar-refractivity contribution in [1.82, 2.24) is 10.2 Å². The Bertz CT molecular complexity index is 1110. The van der Waals surface area contributed by atoms with Crippen LogP contribution in [0.15, 0.2) is 57.3 Å². The average molecular weight is 430 g/mol. The largest absolute Gasteiger partial charge is 0.505 e. The van der Waals surface area contributed by atoms with Gasteiger partial charge in [-0.25, -0.2) is 0 Å². The first-order chi connectivity index (χ1) is 14.2. The molecule has 2 aromatic carbocycles. The van der Waals surface area contributed by atoms with E-state index in [9.17, 15) is 18.3 Å². The molecule has 158 valence electrons. The van der Waals surface area contributed by atoms with E-state index in [1.807, 2.05) is 37.3 Å². The maximum absolute atomic E-state index is 12.2. The fourth-order valence-electron chi connectivity index (χ4n) is 2.97. The number of phenolic OH excluding ortho intramolecular Hbond substituents is 1. The molecule has 0 saturated heterocycles. The summed E-state index contributed by atoms with van der Waals surface area (Å²) in [6.07, 6.45) is 0.675. The number of phenols is 1. The van der Waals surface area contributed by atoms with Gasteiger partial charge < -0.3 is 20.6 Å². The van der Waals surface area contributed by atoms with Crippen molar-refractivity contribution in [2.24, 2.45) is 8.80 Å². The number of hydrogen-bond donors (Lipinski definition) is 3. The maximum atomic E-state index is 12.2. The Morgan fingerprint density at radius 1 is 1.07 bits per heavy atom. The lowest BCUT2D eigenvalue weighted by molar-refractivity contribution is 0.0824. The van der Waals surface area contributed by atoms with Crippen LogP contribution in [0.5, 0.6) is 5.75 Å². The van der Waals surface area contributed by atoms with Crippen LogP contribution in [0.1, 0.15) is 35.3 Å². The molecule has 10 heteroatoms. The summed E-state index contributed by atoms with van der Waals surface area (Å²) in [5.41, 5.74) is 1.18. The predicted octanol–water partition coefficient (Wildman–Crippen LogP) is 2.30. The van der Waals surface area contributed by atoms with Gasteiger partial charge in [0.25, 0.3) is 5.91 Å². The Hall–Kier alpha value is -3.40. The number of amides is 1. The Labute approximate surface area is 175 Å². The molecule has 3 rings (SSSR count).